The monoisotopic (exact) mass is 488 g/mol. The third kappa shape index (κ3) is 6.32. The van der Waals surface area contributed by atoms with Crippen molar-refractivity contribution in [3.05, 3.63) is 118 Å². The van der Waals surface area contributed by atoms with Crippen molar-refractivity contribution in [1.82, 2.24) is 0 Å². The lowest BCUT2D eigenvalue weighted by Gasteiger charge is -2.07. The summed E-state index contributed by atoms with van der Waals surface area (Å²) in [7, 11) is 0. The molecule has 36 heavy (non-hydrogen) atoms. The molecule has 4 aromatic rings. The fraction of sp³-hybridized carbons (Fsp3) is 0.161. The highest BCUT2D eigenvalue weighted by molar-refractivity contribution is 5.86. The van der Waals surface area contributed by atoms with Crippen LogP contribution < -0.4 is 0 Å². The van der Waals surface area contributed by atoms with Crippen molar-refractivity contribution < 1.29 is 22.0 Å². The Kier molecular flexibility index (Phi) is 7.41. The molecule has 0 heterocycles. The molecule has 0 N–H and O–H groups in total. The quantitative estimate of drug-likeness (QED) is 0.203. The van der Waals surface area contributed by atoms with E-state index < -0.39 is 29.8 Å². The van der Waals surface area contributed by atoms with Crippen molar-refractivity contribution >= 4 is 10.8 Å². The first kappa shape index (κ1) is 25.0. The molecule has 0 fully saturated rings. The lowest BCUT2D eigenvalue weighted by atomic mass is 10.0. The van der Waals surface area contributed by atoms with Gasteiger partial charge in [0.1, 0.15) is 11.6 Å². The number of alkyl halides is 3. The molecule has 0 saturated carbocycles. The number of fused-ring (bicyclic) bond motifs is 1. The molecule has 0 atom stereocenters. The van der Waals surface area contributed by atoms with Crippen LogP contribution in [0.15, 0.2) is 72.8 Å². The molecule has 0 aromatic heterocycles. The first-order chi connectivity index (χ1) is 17.2. The summed E-state index contributed by atoms with van der Waals surface area (Å²) in [5, 5.41) is 1.02. The topological polar surface area (TPSA) is 0 Å². The molecule has 0 aliphatic heterocycles. The van der Waals surface area contributed by atoms with Crippen molar-refractivity contribution in [3.8, 4) is 23.7 Å². The van der Waals surface area contributed by atoms with Gasteiger partial charge in [-0.15, -0.1) is 0 Å². The highest BCUT2D eigenvalue weighted by Crippen LogP contribution is 2.24. The van der Waals surface area contributed by atoms with Gasteiger partial charge in [0, 0.05) is 22.1 Å². The van der Waals surface area contributed by atoms with Crippen LogP contribution in [0, 0.1) is 35.3 Å². The number of rotatable bonds is 3. The number of benzene rings is 4. The zero-order valence-corrected chi connectivity index (χ0v) is 19.4. The van der Waals surface area contributed by atoms with Crippen molar-refractivity contribution in [2.75, 3.05) is 0 Å². The van der Waals surface area contributed by atoms with Gasteiger partial charge in [0.2, 0.25) is 0 Å². The Morgan fingerprint density at radius 2 is 1.33 bits per heavy atom. The van der Waals surface area contributed by atoms with Crippen LogP contribution in [-0.4, -0.2) is 6.18 Å². The first-order valence-electron chi connectivity index (χ1n) is 11.4. The minimum Gasteiger partial charge on any atom is -0.207 e. The van der Waals surface area contributed by atoms with E-state index in [0.29, 0.717) is 10.8 Å². The summed E-state index contributed by atoms with van der Waals surface area (Å²) < 4.78 is 66.6. The third-order valence-corrected chi connectivity index (χ3v) is 5.58. The molecule has 5 heteroatoms. The van der Waals surface area contributed by atoms with Gasteiger partial charge in [-0.25, -0.2) is 8.78 Å². The number of aryl methyl sites for hydroxylation is 1. The van der Waals surface area contributed by atoms with Crippen LogP contribution in [0.25, 0.3) is 10.8 Å². The highest BCUT2D eigenvalue weighted by Gasteiger charge is 2.29. The molecule has 4 rings (SSSR count). The Morgan fingerprint density at radius 1 is 0.694 bits per heavy atom. The smallest absolute Gasteiger partial charge is 0.207 e. The zero-order valence-electron chi connectivity index (χ0n) is 19.4. The van der Waals surface area contributed by atoms with Gasteiger partial charge >= 0.3 is 6.18 Å². The van der Waals surface area contributed by atoms with Gasteiger partial charge in [-0.3, -0.25) is 0 Å². The Hall–Kier alpha value is -4.09. The lowest BCUT2D eigenvalue weighted by Crippen LogP contribution is -2.12. The van der Waals surface area contributed by atoms with Gasteiger partial charge in [0.15, 0.2) is 0 Å². The molecular formula is C31H21F5. The van der Waals surface area contributed by atoms with Crippen LogP contribution in [0.3, 0.4) is 0 Å². The maximum Gasteiger partial charge on any atom is 0.393 e. The van der Waals surface area contributed by atoms with Crippen LogP contribution in [0.4, 0.5) is 22.0 Å². The number of halogens is 5. The maximum atomic E-state index is 15.0. The van der Waals surface area contributed by atoms with Crippen molar-refractivity contribution in [3.63, 3.8) is 0 Å². The predicted octanol–water partition coefficient (Wildman–Crippen LogP) is 7.97. The van der Waals surface area contributed by atoms with Gasteiger partial charge < -0.3 is 0 Å². The van der Waals surface area contributed by atoms with Crippen molar-refractivity contribution in [2.45, 2.75) is 32.4 Å². The normalized spacial score (nSPS) is 10.9. The maximum absolute atomic E-state index is 15.0. The second kappa shape index (κ2) is 10.7. The van der Waals surface area contributed by atoms with Gasteiger partial charge in [0.25, 0.3) is 0 Å². The minimum atomic E-state index is -4.51. The van der Waals surface area contributed by atoms with Crippen molar-refractivity contribution in [1.29, 1.82) is 0 Å². The van der Waals surface area contributed by atoms with E-state index in [4.69, 9.17) is 0 Å². The Bertz CT molecular complexity index is 1520. The van der Waals surface area contributed by atoms with Gasteiger partial charge in [-0.1, -0.05) is 67.4 Å². The third-order valence-electron chi connectivity index (χ3n) is 5.58. The van der Waals surface area contributed by atoms with Crippen LogP contribution in [0.5, 0.6) is 0 Å². The molecular weight excluding hydrogens is 467 g/mol. The molecule has 0 aliphatic rings. The molecule has 0 radical (unpaired) electrons. The van der Waals surface area contributed by atoms with E-state index in [1.54, 1.807) is 24.3 Å². The first-order valence-corrected chi connectivity index (χ1v) is 11.4. The average Bonchev–Trinajstić information content (AvgIpc) is 2.84. The van der Waals surface area contributed by atoms with E-state index in [1.807, 2.05) is 12.1 Å². The molecule has 0 aliphatic carbocycles. The Labute approximate surface area is 206 Å². The summed E-state index contributed by atoms with van der Waals surface area (Å²) in [4.78, 5) is 0. The Balaban J connectivity index is 1.55. The predicted molar refractivity (Wildman–Crippen MR) is 132 cm³/mol. The van der Waals surface area contributed by atoms with Crippen LogP contribution in [0.2, 0.25) is 0 Å². The van der Waals surface area contributed by atoms with Crippen LogP contribution >= 0.6 is 0 Å². The molecule has 0 spiro atoms. The summed E-state index contributed by atoms with van der Waals surface area (Å²) in [5.41, 5.74) is 2.71. The van der Waals surface area contributed by atoms with Gasteiger partial charge in [0.05, 0.1) is 12.0 Å². The summed E-state index contributed by atoms with van der Waals surface area (Å²) in [6.45, 7) is 2.13. The minimum absolute atomic E-state index is 0.105. The summed E-state index contributed by atoms with van der Waals surface area (Å²) in [6, 6.07) is 19.8. The zero-order chi connectivity index (χ0) is 25.7. The second-order valence-corrected chi connectivity index (χ2v) is 8.41. The number of hydrogen-bond donors (Lipinski definition) is 0. The fourth-order valence-corrected chi connectivity index (χ4v) is 3.78. The summed E-state index contributed by atoms with van der Waals surface area (Å²) in [5.74, 6) is 9.97. The summed E-state index contributed by atoms with van der Waals surface area (Å²) >= 11 is 0. The van der Waals surface area contributed by atoms with Crippen LogP contribution in [-0.2, 0) is 12.8 Å². The van der Waals surface area contributed by atoms with Gasteiger partial charge in [-0.05, 0) is 65.4 Å². The van der Waals surface area contributed by atoms with E-state index in [0.717, 1.165) is 36.1 Å². The number of hydrogen-bond acceptors (Lipinski definition) is 0. The molecule has 0 unspecified atom stereocenters. The standard InChI is InChI=1S/C31H21F5/c1-2-3-21-4-6-22(7-5-21)8-9-23-12-17-28-26(18-23)16-15-25(30(28)33)13-10-24-11-14-27(29(32)19-24)20-31(34,35)36/h4-7,11-12,14-19H,2-3,20H2,1H3. The molecule has 0 saturated heterocycles. The van der Waals surface area contributed by atoms with E-state index in [2.05, 4.69) is 42.7 Å². The average molecular weight is 488 g/mol. The molecule has 4 aromatic carbocycles. The Morgan fingerprint density at radius 3 is 2.03 bits per heavy atom. The van der Waals surface area contributed by atoms with E-state index in [-0.39, 0.29) is 11.1 Å². The van der Waals surface area contributed by atoms with E-state index in [9.17, 15) is 17.6 Å². The largest absolute Gasteiger partial charge is 0.393 e. The fourth-order valence-electron chi connectivity index (χ4n) is 3.78. The van der Waals surface area contributed by atoms with Crippen molar-refractivity contribution in [2.24, 2.45) is 0 Å². The SMILES string of the molecule is CCCc1ccc(C#Cc2ccc3c(F)c(C#Cc4ccc(CC(F)(F)F)c(F)c4)ccc3c2)cc1. The van der Waals surface area contributed by atoms with E-state index >= 15 is 4.39 Å². The molecule has 0 amide bonds. The second-order valence-electron chi connectivity index (χ2n) is 8.41. The van der Waals surface area contributed by atoms with E-state index in [1.165, 1.54) is 17.7 Å². The van der Waals surface area contributed by atoms with Crippen LogP contribution in [0.1, 0.15) is 46.7 Å². The molecule has 180 valence electrons. The lowest BCUT2D eigenvalue weighted by molar-refractivity contribution is -0.127. The molecule has 0 nitrogen and oxygen atoms in total. The highest BCUT2D eigenvalue weighted by atomic mass is 19.4. The van der Waals surface area contributed by atoms with Gasteiger partial charge in [-0.2, -0.15) is 13.2 Å². The molecule has 0 bridgehead atoms. The summed E-state index contributed by atoms with van der Waals surface area (Å²) in [6.07, 6.45) is -3.75.